The van der Waals surface area contributed by atoms with Crippen LogP contribution >= 0.6 is 11.6 Å². The third-order valence-corrected chi connectivity index (χ3v) is 3.20. The van der Waals surface area contributed by atoms with Gasteiger partial charge in [-0.25, -0.2) is 13.8 Å². The molecule has 7 heteroatoms. The van der Waals surface area contributed by atoms with Crippen LogP contribution in [-0.4, -0.2) is 41.9 Å². The molecule has 4 nitrogen and oxygen atoms in total. The molecule has 0 aromatic carbocycles. The number of amides is 1. The Balaban J connectivity index is 2.14. The van der Waals surface area contributed by atoms with Crippen LogP contribution in [0.3, 0.4) is 0 Å². The Hall–Kier alpha value is -1.43. The van der Waals surface area contributed by atoms with Crippen LogP contribution < -0.4 is 4.74 Å². The van der Waals surface area contributed by atoms with E-state index in [1.165, 1.54) is 24.1 Å². The summed E-state index contributed by atoms with van der Waals surface area (Å²) in [5.74, 6) is -2.79. The van der Waals surface area contributed by atoms with E-state index in [9.17, 15) is 13.6 Å². The number of hydrogen-bond donors (Lipinski definition) is 0. The monoisotopic (exact) mass is 290 g/mol. The number of piperidine rings is 1. The zero-order valence-electron chi connectivity index (χ0n) is 10.3. The fraction of sp³-hybridized carbons (Fsp3) is 0.500. The lowest BCUT2D eigenvalue weighted by Crippen LogP contribution is -2.42. The van der Waals surface area contributed by atoms with Gasteiger partial charge in [-0.3, -0.25) is 4.79 Å². The molecule has 0 bridgehead atoms. The molecule has 0 radical (unpaired) electrons. The van der Waals surface area contributed by atoms with E-state index in [1.807, 2.05) is 0 Å². The maximum absolute atomic E-state index is 13.0. The highest BCUT2D eigenvalue weighted by Gasteiger charge is 2.35. The number of carbonyl (C=O) groups is 1. The predicted octanol–water partition coefficient (Wildman–Crippen LogP) is 2.61. The Morgan fingerprint density at radius 2 is 2.05 bits per heavy atom. The number of ether oxygens (including phenoxy) is 1. The van der Waals surface area contributed by atoms with Gasteiger partial charge in [-0.15, -0.1) is 0 Å². The summed E-state index contributed by atoms with van der Waals surface area (Å²) in [6.07, 6.45) is -0.622. The molecule has 104 valence electrons. The molecule has 0 spiro atoms. The third kappa shape index (κ3) is 3.32. The van der Waals surface area contributed by atoms with E-state index in [2.05, 4.69) is 4.98 Å². The number of aromatic nitrogens is 1. The van der Waals surface area contributed by atoms with Gasteiger partial charge in [-0.2, -0.15) is 0 Å². The first-order chi connectivity index (χ1) is 8.91. The van der Waals surface area contributed by atoms with E-state index >= 15 is 0 Å². The van der Waals surface area contributed by atoms with Gasteiger partial charge < -0.3 is 9.64 Å². The van der Waals surface area contributed by atoms with Crippen molar-refractivity contribution in [2.45, 2.75) is 18.8 Å². The molecule has 1 aromatic heterocycles. The zero-order valence-corrected chi connectivity index (χ0v) is 11.1. The minimum atomic E-state index is -2.68. The molecule has 0 unspecified atom stereocenters. The van der Waals surface area contributed by atoms with Gasteiger partial charge in [-0.1, -0.05) is 11.6 Å². The van der Waals surface area contributed by atoms with Crippen LogP contribution in [-0.2, 0) is 0 Å². The van der Waals surface area contributed by atoms with E-state index in [1.54, 1.807) is 0 Å². The van der Waals surface area contributed by atoms with E-state index in [4.69, 9.17) is 16.3 Å². The lowest BCUT2D eigenvalue weighted by atomic mass is 10.1. The average Bonchev–Trinajstić information content (AvgIpc) is 2.37. The number of halogens is 3. The summed E-state index contributed by atoms with van der Waals surface area (Å²) in [7, 11) is 1.41. The second-order valence-electron chi connectivity index (χ2n) is 4.37. The molecule has 1 amide bonds. The van der Waals surface area contributed by atoms with Crippen LogP contribution in [0.2, 0.25) is 5.15 Å². The highest BCUT2D eigenvalue weighted by atomic mass is 35.5. The minimum Gasteiger partial charge on any atom is -0.481 e. The van der Waals surface area contributed by atoms with Crippen molar-refractivity contribution in [3.63, 3.8) is 0 Å². The van der Waals surface area contributed by atoms with Gasteiger partial charge in [0.15, 0.2) is 0 Å². The van der Waals surface area contributed by atoms with Crippen molar-refractivity contribution in [2.75, 3.05) is 20.2 Å². The normalized spacial score (nSPS) is 18.2. The van der Waals surface area contributed by atoms with Gasteiger partial charge in [-0.05, 0) is 6.07 Å². The lowest BCUT2D eigenvalue weighted by Gasteiger charge is -2.31. The van der Waals surface area contributed by atoms with Crippen LogP contribution in [0.5, 0.6) is 5.88 Å². The van der Waals surface area contributed by atoms with Gasteiger partial charge in [0, 0.05) is 37.6 Å². The molecule has 0 N–H and O–H groups in total. The van der Waals surface area contributed by atoms with Crippen molar-refractivity contribution in [2.24, 2.45) is 0 Å². The quantitative estimate of drug-likeness (QED) is 0.786. The highest BCUT2D eigenvalue weighted by molar-refractivity contribution is 6.29. The number of rotatable bonds is 2. The Bertz CT molecular complexity index is 487. The van der Waals surface area contributed by atoms with E-state index in [0.29, 0.717) is 5.56 Å². The Morgan fingerprint density at radius 3 is 2.63 bits per heavy atom. The summed E-state index contributed by atoms with van der Waals surface area (Å²) in [4.78, 5) is 17.4. The first-order valence-corrected chi connectivity index (χ1v) is 6.18. The molecule has 1 aliphatic rings. The largest absolute Gasteiger partial charge is 0.481 e. The highest BCUT2D eigenvalue weighted by Crippen LogP contribution is 2.28. The summed E-state index contributed by atoms with van der Waals surface area (Å²) in [5, 5.41) is 0.130. The maximum atomic E-state index is 13.0. The lowest BCUT2D eigenvalue weighted by molar-refractivity contribution is -0.0494. The summed E-state index contributed by atoms with van der Waals surface area (Å²) in [5.41, 5.74) is 0.294. The van der Waals surface area contributed by atoms with Crippen LogP contribution in [0.4, 0.5) is 8.78 Å². The third-order valence-electron chi connectivity index (χ3n) is 3.01. The number of methoxy groups -OCH3 is 1. The standard InChI is InChI=1S/C12H13ClF2N2O2/c1-19-10-7-8(6-9(13)16-10)11(18)17-4-2-12(14,15)3-5-17/h6-7H,2-5H2,1H3. The van der Waals surface area contributed by atoms with Crippen molar-refractivity contribution >= 4 is 17.5 Å². The number of pyridine rings is 1. The van der Waals surface area contributed by atoms with E-state index in [-0.39, 0.29) is 42.9 Å². The SMILES string of the molecule is COc1cc(C(=O)N2CCC(F)(F)CC2)cc(Cl)n1. The second kappa shape index (κ2) is 5.28. The van der Waals surface area contributed by atoms with Gasteiger partial charge in [0.05, 0.1) is 7.11 Å². The van der Waals surface area contributed by atoms with Crippen molar-refractivity contribution in [3.8, 4) is 5.88 Å². The summed E-state index contributed by atoms with van der Waals surface area (Å²) < 4.78 is 31.0. The van der Waals surface area contributed by atoms with E-state index in [0.717, 1.165) is 0 Å². The number of hydrogen-bond acceptors (Lipinski definition) is 3. The molecule has 2 heterocycles. The molecule has 0 aliphatic carbocycles. The number of nitrogens with zero attached hydrogens (tertiary/aromatic N) is 2. The molecular weight excluding hydrogens is 278 g/mol. The van der Waals surface area contributed by atoms with Crippen LogP contribution in [0.25, 0.3) is 0 Å². The van der Waals surface area contributed by atoms with Gasteiger partial charge in [0.2, 0.25) is 5.88 Å². The molecular formula is C12H13ClF2N2O2. The summed E-state index contributed by atoms with van der Waals surface area (Å²) >= 11 is 5.78. The van der Waals surface area contributed by atoms with Crippen LogP contribution in [0, 0.1) is 0 Å². The Labute approximate surface area is 114 Å². The number of likely N-dealkylation sites (tertiary alicyclic amines) is 1. The summed E-state index contributed by atoms with van der Waals surface area (Å²) in [6.45, 7) is 0.0716. The molecule has 0 saturated carbocycles. The Morgan fingerprint density at radius 1 is 1.42 bits per heavy atom. The average molecular weight is 291 g/mol. The molecule has 1 aliphatic heterocycles. The number of alkyl halides is 2. The minimum absolute atomic E-state index is 0.0358. The zero-order chi connectivity index (χ0) is 14.0. The maximum Gasteiger partial charge on any atom is 0.254 e. The molecule has 2 rings (SSSR count). The van der Waals surface area contributed by atoms with Crippen LogP contribution in [0.1, 0.15) is 23.2 Å². The van der Waals surface area contributed by atoms with E-state index < -0.39 is 5.92 Å². The van der Waals surface area contributed by atoms with Gasteiger partial charge in [0.25, 0.3) is 11.8 Å². The topological polar surface area (TPSA) is 42.4 Å². The molecule has 1 aromatic rings. The smallest absolute Gasteiger partial charge is 0.254 e. The number of carbonyl (C=O) groups excluding carboxylic acids is 1. The summed E-state index contributed by atoms with van der Waals surface area (Å²) in [6, 6.07) is 2.85. The first-order valence-electron chi connectivity index (χ1n) is 5.80. The van der Waals surface area contributed by atoms with Gasteiger partial charge in [0.1, 0.15) is 5.15 Å². The fourth-order valence-electron chi connectivity index (χ4n) is 1.92. The van der Waals surface area contributed by atoms with Crippen molar-refractivity contribution < 1.29 is 18.3 Å². The molecule has 19 heavy (non-hydrogen) atoms. The van der Waals surface area contributed by atoms with Crippen molar-refractivity contribution in [1.82, 2.24) is 9.88 Å². The van der Waals surface area contributed by atoms with Crippen molar-refractivity contribution in [3.05, 3.63) is 22.8 Å². The Kier molecular flexibility index (Phi) is 3.89. The second-order valence-corrected chi connectivity index (χ2v) is 4.76. The fourth-order valence-corrected chi connectivity index (χ4v) is 2.12. The predicted molar refractivity (Wildman–Crippen MR) is 65.9 cm³/mol. The van der Waals surface area contributed by atoms with Gasteiger partial charge >= 0.3 is 0 Å². The molecule has 1 saturated heterocycles. The van der Waals surface area contributed by atoms with Crippen LogP contribution in [0.15, 0.2) is 12.1 Å². The molecule has 0 atom stereocenters. The first kappa shape index (κ1) is 14.0. The van der Waals surface area contributed by atoms with Crippen molar-refractivity contribution in [1.29, 1.82) is 0 Å². The molecule has 1 fully saturated rings.